The van der Waals surface area contributed by atoms with E-state index in [-0.39, 0.29) is 5.75 Å². The Hall–Kier alpha value is -2.17. The minimum Gasteiger partial charge on any atom is -0.212 e. The van der Waals surface area contributed by atoms with Crippen molar-refractivity contribution in [3.8, 4) is 0 Å². The largest absolute Gasteiger partial charge is 0.216 e. The second kappa shape index (κ2) is 6.52. The summed E-state index contributed by atoms with van der Waals surface area (Å²) in [4.78, 5) is 0. The van der Waals surface area contributed by atoms with Crippen molar-refractivity contribution in [1.29, 1.82) is 0 Å². The maximum absolute atomic E-state index is 12.2. The Labute approximate surface area is 137 Å². The van der Waals surface area contributed by atoms with Gasteiger partial charge in [-0.25, -0.2) is 13.1 Å². The molecule has 23 heavy (non-hydrogen) atoms. The molecule has 3 rings (SSSR count). The predicted octanol–water partition coefficient (Wildman–Crippen LogP) is 3.77. The van der Waals surface area contributed by atoms with Crippen molar-refractivity contribution in [1.82, 2.24) is 4.72 Å². The highest BCUT2D eigenvalue weighted by Crippen LogP contribution is 2.16. The summed E-state index contributed by atoms with van der Waals surface area (Å²) in [7, 11) is -3.35. The normalized spacial score (nSPS) is 11.7. The van der Waals surface area contributed by atoms with Crippen molar-refractivity contribution in [2.45, 2.75) is 19.2 Å². The number of aryl methyl sites for hydroxylation is 1. The number of sulfonamides is 1. The Morgan fingerprint density at radius 1 is 0.826 bits per heavy atom. The highest BCUT2D eigenvalue weighted by Gasteiger charge is 2.11. The molecule has 118 valence electrons. The van der Waals surface area contributed by atoms with E-state index in [1.165, 1.54) is 0 Å². The fraction of sp³-hybridized carbons (Fsp3) is 0.158. The van der Waals surface area contributed by atoms with Crippen molar-refractivity contribution in [3.05, 3.63) is 83.4 Å². The Bertz CT molecular complexity index is 933. The van der Waals surface area contributed by atoms with Crippen LogP contribution in [0.2, 0.25) is 0 Å². The number of hydrogen-bond acceptors (Lipinski definition) is 2. The molecule has 0 saturated carbocycles. The van der Waals surface area contributed by atoms with Gasteiger partial charge >= 0.3 is 0 Å². The van der Waals surface area contributed by atoms with Crippen molar-refractivity contribution in [2.75, 3.05) is 0 Å². The van der Waals surface area contributed by atoms with E-state index < -0.39 is 10.0 Å². The van der Waals surface area contributed by atoms with Crippen molar-refractivity contribution < 1.29 is 8.42 Å². The number of hydrogen-bond donors (Lipinski definition) is 1. The van der Waals surface area contributed by atoms with Gasteiger partial charge in [0.1, 0.15) is 0 Å². The summed E-state index contributed by atoms with van der Waals surface area (Å²) in [6.07, 6.45) is 0. The van der Waals surface area contributed by atoms with E-state index in [0.717, 1.165) is 27.5 Å². The van der Waals surface area contributed by atoms with Crippen LogP contribution in [0.4, 0.5) is 0 Å². The average molecular weight is 325 g/mol. The lowest BCUT2D eigenvalue weighted by Gasteiger charge is -2.08. The topological polar surface area (TPSA) is 46.2 Å². The van der Waals surface area contributed by atoms with Crippen LogP contribution in [0.25, 0.3) is 10.8 Å². The van der Waals surface area contributed by atoms with Crippen molar-refractivity contribution in [2.24, 2.45) is 0 Å². The summed E-state index contributed by atoms with van der Waals surface area (Å²) in [5.74, 6) is 0.00224. The quantitative estimate of drug-likeness (QED) is 0.776. The van der Waals surface area contributed by atoms with E-state index in [2.05, 4.69) is 4.72 Å². The summed E-state index contributed by atoms with van der Waals surface area (Å²) in [5.41, 5.74) is 2.82. The minimum absolute atomic E-state index is 0.00224. The van der Waals surface area contributed by atoms with Crippen LogP contribution in [0.15, 0.2) is 66.7 Å². The zero-order valence-corrected chi connectivity index (χ0v) is 13.8. The first-order valence-corrected chi connectivity index (χ1v) is 9.18. The highest BCUT2D eigenvalue weighted by molar-refractivity contribution is 7.88. The number of fused-ring (bicyclic) bond motifs is 1. The summed E-state index contributed by atoms with van der Waals surface area (Å²) >= 11 is 0. The molecule has 0 radical (unpaired) electrons. The molecule has 3 nitrogen and oxygen atoms in total. The SMILES string of the molecule is Cc1cccc(CS(=O)(=O)NCc2ccc3ccccc3c2)c1. The molecule has 0 spiro atoms. The molecule has 0 aromatic heterocycles. The van der Waals surface area contributed by atoms with Crippen LogP contribution in [-0.4, -0.2) is 8.42 Å². The molecule has 0 aliphatic rings. The van der Waals surface area contributed by atoms with E-state index in [1.54, 1.807) is 0 Å². The first kappa shape index (κ1) is 15.7. The van der Waals surface area contributed by atoms with Crippen LogP contribution in [0.5, 0.6) is 0 Å². The lowest BCUT2D eigenvalue weighted by Crippen LogP contribution is -2.24. The van der Waals surface area contributed by atoms with E-state index in [9.17, 15) is 8.42 Å². The fourth-order valence-corrected chi connectivity index (χ4v) is 3.72. The van der Waals surface area contributed by atoms with Crippen LogP contribution in [-0.2, 0) is 22.3 Å². The lowest BCUT2D eigenvalue weighted by molar-refractivity contribution is 0.580. The zero-order chi connectivity index (χ0) is 16.3. The first-order chi connectivity index (χ1) is 11.0. The van der Waals surface area contributed by atoms with Gasteiger partial charge in [-0.15, -0.1) is 0 Å². The van der Waals surface area contributed by atoms with Crippen LogP contribution < -0.4 is 4.72 Å². The molecule has 3 aromatic carbocycles. The number of benzene rings is 3. The van der Waals surface area contributed by atoms with Gasteiger partial charge in [-0.05, 0) is 34.9 Å². The van der Waals surface area contributed by atoms with Gasteiger partial charge < -0.3 is 0 Å². The van der Waals surface area contributed by atoms with E-state index in [1.807, 2.05) is 73.7 Å². The lowest BCUT2D eigenvalue weighted by atomic mass is 10.1. The van der Waals surface area contributed by atoms with Crippen LogP contribution in [0.1, 0.15) is 16.7 Å². The molecule has 0 unspecified atom stereocenters. The molecule has 4 heteroatoms. The summed E-state index contributed by atoms with van der Waals surface area (Å²) in [6.45, 7) is 2.26. The Balaban J connectivity index is 1.70. The highest BCUT2D eigenvalue weighted by atomic mass is 32.2. The first-order valence-electron chi connectivity index (χ1n) is 7.52. The third-order valence-electron chi connectivity index (χ3n) is 3.75. The van der Waals surface area contributed by atoms with Gasteiger partial charge in [0.2, 0.25) is 10.0 Å². The molecule has 0 bridgehead atoms. The molecule has 0 atom stereocenters. The summed E-state index contributed by atoms with van der Waals surface area (Å²) < 4.78 is 27.2. The predicted molar refractivity (Wildman–Crippen MR) is 94.6 cm³/mol. The molecule has 0 aliphatic heterocycles. The van der Waals surface area contributed by atoms with Crippen molar-refractivity contribution in [3.63, 3.8) is 0 Å². The molecule has 3 aromatic rings. The average Bonchev–Trinajstić information content (AvgIpc) is 2.52. The van der Waals surface area contributed by atoms with E-state index in [4.69, 9.17) is 0 Å². The van der Waals surface area contributed by atoms with Gasteiger partial charge in [0, 0.05) is 6.54 Å². The number of nitrogens with one attached hydrogen (secondary N) is 1. The van der Waals surface area contributed by atoms with E-state index >= 15 is 0 Å². The standard InChI is InChI=1S/C19H19NO2S/c1-15-5-4-6-17(11-15)14-23(21,22)20-13-16-9-10-18-7-2-3-8-19(18)12-16/h2-12,20H,13-14H2,1H3. The van der Waals surface area contributed by atoms with Crippen molar-refractivity contribution >= 4 is 20.8 Å². The second-order valence-corrected chi connectivity index (χ2v) is 7.56. The monoisotopic (exact) mass is 325 g/mol. The third-order valence-corrected chi connectivity index (χ3v) is 5.05. The van der Waals surface area contributed by atoms with Gasteiger partial charge in [0.05, 0.1) is 5.75 Å². The van der Waals surface area contributed by atoms with Gasteiger partial charge in [0.25, 0.3) is 0 Å². The Kier molecular flexibility index (Phi) is 4.46. The molecule has 1 N–H and O–H groups in total. The fourth-order valence-electron chi connectivity index (χ4n) is 2.61. The molecule has 0 aliphatic carbocycles. The molecule has 0 amide bonds. The van der Waals surface area contributed by atoms with Crippen LogP contribution in [0.3, 0.4) is 0 Å². The zero-order valence-electron chi connectivity index (χ0n) is 13.0. The Morgan fingerprint density at radius 2 is 1.61 bits per heavy atom. The molecule has 0 saturated heterocycles. The smallest absolute Gasteiger partial charge is 0.212 e. The maximum Gasteiger partial charge on any atom is 0.216 e. The molecular formula is C19H19NO2S. The van der Waals surface area contributed by atoms with Crippen LogP contribution in [0, 0.1) is 6.92 Å². The number of rotatable bonds is 5. The van der Waals surface area contributed by atoms with Gasteiger partial charge in [-0.3, -0.25) is 0 Å². The van der Waals surface area contributed by atoms with E-state index in [0.29, 0.717) is 6.54 Å². The van der Waals surface area contributed by atoms with Crippen LogP contribution >= 0.6 is 0 Å². The second-order valence-electron chi connectivity index (χ2n) is 5.75. The molecular weight excluding hydrogens is 306 g/mol. The van der Waals surface area contributed by atoms with Gasteiger partial charge in [-0.1, -0.05) is 66.2 Å². The summed E-state index contributed by atoms with van der Waals surface area (Å²) in [5, 5.41) is 2.27. The molecule has 0 fully saturated rings. The Morgan fingerprint density at radius 3 is 2.39 bits per heavy atom. The maximum atomic E-state index is 12.2. The molecule has 0 heterocycles. The van der Waals surface area contributed by atoms with Gasteiger partial charge in [-0.2, -0.15) is 0 Å². The third kappa shape index (κ3) is 4.18. The van der Waals surface area contributed by atoms with Gasteiger partial charge in [0.15, 0.2) is 0 Å². The summed E-state index contributed by atoms with van der Waals surface area (Å²) in [6, 6.07) is 21.6. The minimum atomic E-state index is -3.35.